The number of halogens is 1. The van der Waals surface area contributed by atoms with Crippen molar-refractivity contribution in [2.75, 3.05) is 0 Å². The third kappa shape index (κ3) is 2.14. The molecule has 0 atom stereocenters. The average Bonchev–Trinajstić information content (AvgIpc) is 2.73. The third-order valence-electron chi connectivity index (χ3n) is 2.94. The van der Waals surface area contributed by atoms with Crippen LogP contribution in [0, 0.1) is 18.2 Å². The number of hydrogen-bond donors (Lipinski definition) is 1. The van der Waals surface area contributed by atoms with Crippen molar-refractivity contribution in [2.45, 2.75) is 26.2 Å². The van der Waals surface area contributed by atoms with Crippen LogP contribution in [-0.4, -0.2) is 10.8 Å². The first-order valence-corrected chi connectivity index (χ1v) is 5.98. The number of carbonyl (C=O) groups excluding carboxylic acids is 1. The summed E-state index contributed by atoms with van der Waals surface area (Å²) in [6.07, 6.45) is 7.67. The van der Waals surface area contributed by atoms with Crippen LogP contribution in [0.4, 0.5) is 4.39 Å². The quantitative estimate of drug-likeness (QED) is 0.645. The summed E-state index contributed by atoms with van der Waals surface area (Å²) < 4.78 is 13.2. The SMILES string of the molecule is C#Cc1c(C(=O)CCCC)[nH]c2ccc(F)cc12. The lowest BCUT2D eigenvalue weighted by atomic mass is 10.1. The third-order valence-corrected chi connectivity index (χ3v) is 2.94. The summed E-state index contributed by atoms with van der Waals surface area (Å²) in [6, 6.07) is 4.30. The Morgan fingerprint density at radius 2 is 2.28 bits per heavy atom. The van der Waals surface area contributed by atoms with Gasteiger partial charge in [-0.25, -0.2) is 4.39 Å². The van der Waals surface area contributed by atoms with Gasteiger partial charge in [0.15, 0.2) is 5.78 Å². The number of carbonyl (C=O) groups is 1. The monoisotopic (exact) mass is 243 g/mol. The lowest BCUT2D eigenvalue weighted by molar-refractivity contribution is 0.0975. The summed E-state index contributed by atoms with van der Waals surface area (Å²) in [5, 5.41) is 0.595. The highest BCUT2D eigenvalue weighted by Crippen LogP contribution is 2.24. The molecule has 0 unspecified atom stereocenters. The van der Waals surface area contributed by atoms with Crippen LogP contribution in [0.3, 0.4) is 0 Å². The molecule has 2 rings (SSSR count). The van der Waals surface area contributed by atoms with Crippen molar-refractivity contribution < 1.29 is 9.18 Å². The second kappa shape index (κ2) is 5.05. The van der Waals surface area contributed by atoms with Crippen molar-refractivity contribution in [1.82, 2.24) is 4.98 Å². The molecule has 0 saturated carbocycles. The molecular formula is C15H14FNO. The van der Waals surface area contributed by atoms with E-state index in [1.54, 1.807) is 6.07 Å². The maximum Gasteiger partial charge on any atom is 0.180 e. The van der Waals surface area contributed by atoms with E-state index >= 15 is 0 Å². The van der Waals surface area contributed by atoms with Gasteiger partial charge in [-0.15, -0.1) is 6.42 Å². The van der Waals surface area contributed by atoms with Crippen LogP contribution >= 0.6 is 0 Å². The second-order valence-corrected chi connectivity index (χ2v) is 4.24. The molecule has 92 valence electrons. The Hall–Kier alpha value is -2.08. The molecule has 0 bridgehead atoms. The van der Waals surface area contributed by atoms with E-state index in [2.05, 4.69) is 10.9 Å². The van der Waals surface area contributed by atoms with Gasteiger partial charge in [-0.2, -0.15) is 0 Å². The Labute approximate surface area is 105 Å². The van der Waals surface area contributed by atoms with Crippen molar-refractivity contribution in [3.63, 3.8) is 0 Å². The molecule has 18 heavy (non-hydrogen) atoms. The molecule has 0 saturated heterocycles. The first-order valence-electron chi connectivity index (χ1n) is 5.98. The molecule has 1 N–H and O–H groups in total. The molecule has 0 fully saturated rings. The van der Waals surface area contributed by atoms with E-state index in [9.17, 15) is 9.18 Å². The number of ketones is 1. The zero-order valence-corrected chi connectivity index (χ0v) is 10.2. The number of benzene rings is 1. The molecule has 0 spiro atoms. The Kier molecular flexibility index (Phi) is 3.47. The van der Waals surface area contributed by atoms with Crippen molar-refractivity contribution >= 4 is 16.7 Å². The predicted octanol–water partition coefficient (Wildman–Crippen LogP) is 3.66. The number of unbranched alkanes of at least 4 members (excludes halogenated alkanes) is 1. The molecule has 0 radical (unpaired) electrons. The molecule has 1 aromatic carbocycles. The van der Waals surface area contributed by atoms with Crippen LogP contribution in [0.5, 0.6) is 0 Å². The number of fused-ring (bicyclic) bond motifs is 1. The maximum absolute atomic E-state index is 13.2. The van der Waals surface area contributed by atoms with E-state index in [1.807, 2.05) is 6.92 Å². The Bertz CT molecular complexity index is 634. The fourth-order valence-corrected chi connectivity index (χ4v) is 1.99. The molecule has 0 aliphatic heterocycles. The minimum atomic E-state index is -0.356. The normalized spacial score (nSPS) is 10.5. The summed E-state index contributed by atoms with van der Waals surface area (Å²) in [4.78, 5) is 15.0. The Balaban J connectivity index is 2.51. The summed E-state index contributed by atoms with van der Waals surface area (Å²) in [5.74, 6) is 2.12. The lowest BCUT2D eigenvalue weighted by Gasteiger charge is -1.97. The van der Waals surface area contributed by atoms with Gasteiger partial charge in [0.1, 0.15) is 5.82 Å². The number of H-pyrrole nitrogens is 1. The molecule has 2 aromatic rings. The number of hydrogen-bond acceptors (Lipinski definition) is 1. The zero-order valence-electron chi connectivity index (χ0n) is 10.2. The Morgan fingerprint density at radius 3 is 2.94 bits per heavy atom. The summed E-state index contributed by atoms with van der Waals surface area (Å²) >= 11 is 0. The molecule has 1 heterocycles. The van der Waals surface area contributed by atoms with E-state index in [0.717, 1.165) is 12.8 Å². The number of aromatic amines is 1. The summed E-state index contributed by atoms with van der Waals surface area (Å²) in [6.45, 7) is 2.02. The number of Topliss-reactive ketones (excluding diaryl/α,β-unsaturated/α-hetero) is 1. The molecule has 3 heteroatoms. The van der Waals surface area contributed by atoms with Crippen LogP contribution in [0.2, 0.25) is 0 Å². The zero-order chi connectivity index (χ0) is 13.1. The van der Waals surface area contributed by atoms with Crippen molar-refractivity contribution in [2.24, 2.45) is 0 Å². The first kappa shape index (κ1) is 12.4. The number of nitrogens with one attached hydrogen (secondary N) is 1. The van der Waals surface area contributed by atoms with Crippen molar-refractivity contribution in [1.29, 1.82) is 0 Å². The molecule has 0 aliphatic rings. The van der Waals surface area contributed by atoms with Crippen LogP contribution in [0.15, 0.2) is 18.2 Å². The standard InChI is InChI=1S/C15H14FNO/c1-3-5-6-14(18)15-11(4-2)12-9-10(16)7-8-13(12)17-15/h2,7-9,17H,3,5-6H2,1H3. The van der Waals surface area contributed by atoms with Crippen LogP contribution < -0.4 is 0 Å². The molecule has 1 aromatic heterocycles. The van der Waals surface area contributed by atoms with E-state index in [-0.39, 0.29) is 11.6 Å². The summed E-state index contributed by atoms with van der Waals surface area (Å²) in [5.41, 5.74) is 1.58. The van der Waals surface area contributed by atoms with Gasteiger partial charge in [-0.3, -0.25) is 4.79 Å². The van der Waals surface area contributed by atoms with Gasteiger partial charge in [0, 0.05) is 17.3 Å². The average molecular weight is 243 g/mol. The first-order chi connectivity index (χ1) is 8.67. The number of rotatable bonds is 4. The predicted molar refractivity (Wildman–Crippen MR) is 70.0 cm³/mol. The van der Waals surface area contributed by atoms with Gasteiger partial charge >= 0.3 is 0 Å². The topological polar surface area (TPSA) is 32.9 Å². The van der Waals surface area contributed by atoms with Gasteiger partial charge in [-0.05, 0) is 24.6 Å². The van der Waals surface area contributed by atoms with Gasteiger partial charge in [0.2, 0.25) is 0 Å². The van der Waals surface area contributed by atoms with E-state index < -0.39 is 0 Å². The van der Waals surface area contributed by atoms with Gasteiger partial charge in [-0.1, -0.05) is 19.3 Å². The van der Waals surface area contributed by atoms with Crippen LogP contribution in [-0.2, 0) is 0 Å². The highest BCUT2D eigenvalue weighted by Gasteiger charge is 2.16. The number of aromatic nitrogens is 1. The van der Waals surface area contributed by atoms with Crippen LogP contribution in [0.25, 0.3) is 10.9 Å². The van der Waals surface area contributed by atoms with Crippen molar-refractivity contribution in [3.05, 3.63) is 35.3 Å². The fraction of sp³-hybridized carbons (Fsp3) is 0.267. The lowest BCUT2D eigenvalue weighted by Crippen LogP contribution is -2.01. The molecule has 2 nitrogen and oxygen atoms in total. The van der Waals surface area contributed by atoms with E-state index in [1.165, 1.54) is 12.1 Å². The molecular weight excluding hydrogens is 229 g/mol. The highest BCUT2D eigenvalue weighted by atomic mass is 19.1. The molecule has 0 amide bonds. The minimum Gasteiger partial charge on any atom is -0.351 e. The van der Waals surface area contributed by atoms with Gasteiger partial charge in [0.05, 0.1) is 11.3 Å². The van der Waals surface area contributed by atoms with Gasteiger partial charge < -0.3 is 4.98 Å². The Morgan fingerprint density at radius 1 is 1.50 bits per heavy atom. The fourth-order valence-electron chi connectivity index (χ4n) is 1.99. The van der Waals surface area contributed by atoms with E-state index in [4.69, 9.17) is 6.42 Å². The summed E-state index contributed by atoms with van der Waals surface area (Å²) in [7, 11) is 0. The minimum absolute atomic E-state index is 0.0126. The van der Waals surface area contributed by atoms with Gasteiger partial charge in [0.25, 0.3) is 0 Å². The van der Waals surface area contributed by atoms with Crippen LogP contribution in [0.1, 0.15) is 42.2 Å². The maximum atomic E-state index is 13.2. The van der Waals surface area contributed by atoms with Crippen molar-refractivity contribution in [3.8, 4) is 12.3 Å². The molecule has 0 aliphatic carbocycles. The number of terminal acetylenes is 1. The largest absolute Gasteiger partial charge is 0.351 e. The smallest absolute Gasteiger partial charge is 0.180 e. The highest BCUT2D eigenvalue weighted by molar-refractivity contribution is 6.03. The van der Waals surface area contributed by atoms with E-state index in [0.29, 0.717) is 28.6 Å². The second-order valence-electron chi connectivity index (χ2n) is 4.24.